The summed E-state index contributed by atoms with van der Waals surface area (Å²) in [6.45, 7) is 6.64. The van der Waals surface area contributed by atoms with E-state index in [1.165, 1.54) is 16.7 Å². The molecule has 0 unspecified atom stereocenters. The summed E-state index contributed by atoms with van der Waals surface area (Å²) in [5.74, 6) is -1.39. The number of aryl methyl sites for hydroxylation is 1. The maximum absolute atomic E-state index is 10.2. The van der Waals surface area contributed by atoms with Gasteiger partial charge in [0.15, 0.2) is 0 Å². The Balaban J connectivity index is 0. The van der Waals surface area contributed by atoms with E-state index < -0.39 is 17.4 Å². The maximum Gasteiger partial charge on any atom is 0.303 e. The van der Waals surface area contributed by atoms with Crippen LogP contribution in [0.2, 0.25) is 0 Å². The first-order chi connectivity index (χ1) is 16.1. The zero-order valence-electron chi connectivity index (χ0n) is 21.0. The standard InChI is InChI=1S/C10H16N2.C9H16O4.C6H14O3/c1-2-8-3-9(6-11)5-10(4-8)7-12;1-2-7(3-5-8(10)11)4-6-9(12)13;1-2-6(3-7,4-8)5-9/h3-5H,2,6-7,11-12H2,1H3;7H,2-6H2,1H3,(H,10,11)(H,12,13);7-9H,2-5H2,1H3. The molecule has 0 aliphatic heterocycles. The highest BCUT2D eigenvalue weighted by Gasteiger charge is 2.24. The Morgan fingerprint density at radius 2 is 1.18 bits per heavy atom. The summed E-state index contributed by atoms with van der Waals surface area (Å²) >= 11 is 0. The molecule has 1 aromatic rings. The number of nitrogens with two attached hydrogens (primary N) is 2. The molecule has 0 spiro atoms. The van der Waals surface area contributed by atoms with Crippen molar-refractivity contribution in [1.82, 2.24) is 0 Å². The fraction of sp³-hybridized carbons (Fsp3) is 0.680. The molecule has 0 atom stereocenters. The van der Waals surface area contributed by atoms with Crippen LogP contribution in [0.1, 0.15) is 76.0 Å². The molecule has 0 amide bonds. The minimum Gasteiger partial charge on any atom is -0.481 e. The van der Waals surface area contributed by atoms with Crippen LogP contribution in [-0.2, 0) is 29.1 Å². The van der Waals surface area contributed by atoms with Gasteiger partial charge in [0.05, 0.1) is 19.8 Å². The van der Waals surface area contributed by atoms with Crippen molar-refractivity contribution in [3.63, 3.8) is 0 Å². The van der Waals surface area contributed by atoms with E-state index in [0.29, 0.717) is 32.4 Å². The fourth-order valence-electron chi connectivity index (χ4n) is 2.97. The number of carboxylic acids is 2. The molecule has 198 valence electrons. The predicted molar refractivity (Wildman–Crippen MR) is 133 cm³/mol. The molecule has 0 heterocycles. The number of aliphatic hydroxyl groups excluding tert-OH is 3. The molecule has 9 N–H and O–H groups in total. The first-order valence-electron chi connectivity index (χ1n) is 11.9. The topological polar surface area (TPSA) is 187 Å². The summed E-state index contributed by atoms with van der Waals surface area (Å²) in [6.07, 6.45) is 3.92. The number of hydrogen-bond acceptors (Lipinski definition) is 7. The zero-order valence-corrected chi connectivity index (χ0v) is 21.0. The predicted octanol–water partition coefficient (Wildman–Crippen LogP) is 2.27. The minimum absolute atomic E-state index is 0.137. The number of carbonyl (C=O) groups is 2. The third-order valence-electron chi connectivity index (χ3n) is 5.86. The van der Waals surface area contributed by atoms with E-state index in [0.717, 1.165) is 12.8 Å². The number of aliphatic hydroxyl groups is 3. The van der Waals surface area contributed by atoms with Crippen LogP contribution in [0.5, 0.6) is 0 Å². The third-order valence-corrected chi connectivity index (χ3v) is 5.86. The summed E-state index contributed by atoms with van der Waals surface area (Å²) < 4.78 is 0. The number of aliphatic carboxylic acids is 2. The average Bonchev–Trinajstić information content (AvgIpc) is 2.86. The van der Waals surface area contributed by atoms with E-state index in [1.54, 1.807) is 0 Å². The van der Waals surface area contributed by atoms with Crippen molar-refractivity contribution in [2.45, 2.75) is 78.8 Å². The van der Waals surface area contributed by atoms with Crippen LogP contribution >= 0.6 is 0 Å². The van der Waals surface area contributed by atoms with Gasteiger partial charge in [-0.1, -0.05) is 45.4 Å². The van der Waals surface area contributed by atoms with Gasteiger partial charge in [-0.2, -0.15) is 0 Å². The maximum atomic E-state index is 10.2. The Hall–Kier alpha value is -2.04. The van der Waals surface area contributed by atoms with Gasteiger partial charge >= 0.3 is 11.9 Å². The molecule has 1 aromatic carbocycles. The molecule has 0 saturated carbocycles. The van der Waals surface area contributed by atoms with Crippen molar-refractivity contribution in [1.29, 1.82) is 0 Å². The lowest BCUT2D eigenvalue weighted by Crippen LogP contribution is -2.32. The quantitative estimate of drug-likeness (QED) is 0.207. The Bertz CT molecular complexity index is 588. The van der Waals surface area contributed by atoms with Gasteiger partial charge in [0.2, 0.25) is 0 Å². The van der Waals surface area contributed by atoms with Gasteiger partial charge in [0.1, 0.15) is 0 Å². The van der Waals surface area contributed by atoms with Gasteiger partial charge in [0, 0.05) is 31.3 Å². The second-order valence-electron chi connectivity index (χ2n) is 8.39. The highest BCUT2D eigenvalue weighted by molar-refractivity contribution is 5.67. The Labute approximate surface area is 203 Å². The Morgan fingerprint density at radius 3 is 1.38 bits per heavy atom. The molecular weight excluding hydrogens is 440 g/mol. The lowest BCUT2D eigenvalue weighted by molar-refractivity contribution is -0.137. The SMILES string of the molecule is CCC(CCC(=O)O)CCC(=O)O.CCC(CO)(CO)CO.CCc1cc(CN)cc(CN)c1. The largest absolute Gasteiger partial charge is 0.481 e. The summed E-state index contributed by atoms with van der Waals surface area (Å²) in [7, 11) is 0. The molecule has 34 heavy (non-hydrogen) atoms. The van der Waals surface area contributed by atoms with Gasteiger partial charge < -0.3 is 37.0 Å². The van der Waals surface area contributed by atoms with Crippen LogP contribution < -0.4 is 11.5 Å². The summed E-state index contributed by atoms with van der Waals surface area (Å²) in [5.41, 5.74) is 14.1. The molecule has 9 heteroatoms. The highest BCUT2D eigenvalue weighted by Crippen LogP contribution is 2.18. The van der Waals surface area contributed by atoms with Crippen LogP contribution in [0.4, 0.5) is 0 Å². The molecule has 0 radical (unpaired) electrons. The van der Waals surface area contributed by atoms with Crippen LogP contribution in [-0.4, -0.2) is 57.3 Å². The number of carboxylic acid groups (broad SMARTS) is 2. The highest BCUT2D eigenvalue weighted by atomic mass is 16.4. The van der Waals surface area contributed by atoms with Gasteiger partial charge in [-0.3, -0.25) is 9.59 Å². The molecule has 0 fully saturated rings. The molecule has 0 bridgehead atoms. The van der Waals surface area contributed by atoms with Gasteiger partial charge in [0.25, 0.3) is 0 Å². The second-order valence-corrected chi connectivity index (χ2v) is 8.39. The van der Waals surface area contributed by atoms with Crippen molar-refractivity contribution in [2.75, 3.05) is 19.8 Å². The summed E-state index contributed by atoms with van der Waals surface area (Å²) in [5, 5.41) is 42.8. The van der Waals surface area contributed by atoms with E-state index in [4.69, 9.17) is 37.0 Å². The van der Waals surface area contributed by atoms with E-state index in [9.17, 15) is 9.59 Å². The van der Waals surface area contributed by atoms with Crippen molar-refractivity contribution in [2.24, 2.45) is 22.8 Å². The van der Waals surface area contributed by atoms with E-state index in [-0.39, 0.29) is 38.6 Å². The van der Waals surface area contributed by atoms with Gasteiger partial charge in [-0.05, 0) is 48.3 Å². The van der Waals surface area contributed by atoms with Crippen molar-refractivity contribution in [3.8, 4) is 0 Å². The normalized spacial score (nSPS) is 10.7. The Kier molecular flexibility index (Phi) is 20.4. The summed E-state index contributed by atoms with van der Waals surface area (Å²) in [4.78, 5) is 20.5. The minimum atomic E-state index is -0.811. The number of benzene rings is 1. The smallest absolute Gasteiger partial charge is 0.303 e. The lowest BCUT2D eigenvalue weighted by atomic mass is 9.88. The molecule has 0 aliphatic carbocycles. The average molecular weight is 487 g/mol. The third kappa shape index (κ3) is 15.7. The van der Waals surface area contributed by atoms with E-state index >= 15 is 0 Å². The number of rotatable bonds is 14. The molecule has 1 rings (SSSR count). The summed E-state index contributed by atoms with van der Waals surface area (Å²) in [6, 6.07) is 6.34. The molecule has 0 aromatic heterocycles. The molecule has 0 saturated heterocycles. The Morgan fingerprint density at radius 1 is 0.794 bits per heavy atom. The van der Waals surface area contributed by atoms with Crippen molar-refractivity contribution in [3.05, 3.63) is 34.9 Å². The lowest BCUT2D eigenvalue weighted by Gasteiger charge is -2.24. The molecule has 0 aliphatic rings. The van der Waals surface area contributed by atoms with E-state index in [2.05, 4.69) is 25.1 Å². The molecular formula is C25H46N2O7. The first kappa shape index (κ1) is 34.1. The van der Waals surface area contributed by atoms with Crippen LogP contribution in [0, 0.1) is 11.3 Å². The zero-order chi connectivity index (χ0) is 26.6. The number of hydrogen-bond donors (Lipinski definition) is 7. The van der Waals surface area contributed by atoms with Gasteiger partial charge in [-0.25, -0.2) is 0 Å². The van der Waals surface area contributed by atoms with Crippen LogP contribution in [0.25, 0.3) is 0 Å². The van der Waals surface area contributed by atoms with Crippen molar-refractivity contribution < 1.29 is 35.1 Å². The fourth-order valence-corrected chi connectivity index (χ4v) is 2.97. The van der Waals surface area contributed by atoms with Crippen molar-refractivity contribution >= 4 is 11.9 Å². The molecule has 9 nitrogen and oxygen atoms in total. The van der Waals surface area contributed by atoms with Crippen LogP contribution in [0.15, 0.2) is 18.2 Å². The van der Waals surface area contributed by atoms with Gasteiger partial charge in [-0.15, -0.1) is 0 Å². The monoisotopic (exact) mass is 486 g/mol. The van der Waals surface area contributed by atoms with E-state index in [1.807, 2.05) is 13.8 Å². The van der Waals surface area contributed by atoms with Crippen LogP contribution in [0.3, 0.4) is 0 Å². The second kappa shape index (κ2) is 20.3. The first-order valence-corrected chi connectivity index (χ1v) is 11.9.